The Morgan fingerprint density at radius 3 is 2.48 bits per heavy atom. The van der Waals surface area contributed by atoms with Crippen LogP contribution in [0.3, 0.4) is 0 Å². The Kier molecular flexibility index (Phi) is 15.9. The molecule has 1 aliphatic rings. The minimum absolute atomic E-state index is 0. The first-order valence-corrected chi connectivity index (χ1v) is 9.59. The number of hydrogen-bond donors (Lipinski definition) is 2. The van der Waals surface area contributed by atoms with Gasteiger partial charge in [-0.05, 0) is 12.3 Å². The zero-order valence-corrected chi connectivity index (χ0v) is 19.7. The molecule has 0 bridgehead atoms. The van der Waals surface area contributed by atoms with Crippen molar-refractivity contribution < 1.29 is 14.3 Å². The minimum Gasteiger partial charge on any atom is -0.380 e. The number of amides is 1. The fourth-order valence-corrected chi connectivity index (χ4v) is 2.28. The summed E-state index contributed by atoms with van der Waals surface area (Å²) < 4.78 is 11.0. The number of rotatable bonds is 11. The van der Waals surface area contributed by atoms with Crippen LogP contribution in [-0.2, 0) is 14.3 Å². The van der Waals surface area contributed by atoms with Crippen LogP contribution in [0.1, 0.15) is 20.3 Å². The molecular formula is C18H38IN5O3. The molecule has 1 rings (SSSR count). The predicted octanol–water partition coefficient (Wildman–Crippen LogP) is 0.623. The van der Waals surface area contributed by atoms with E-state index in [0.717, 1.165) is 52.4 Å². The predicted molar refractivity (Wildman–Crippen MR) is 120 cm³/mol. The highest BCUT2D eigenvalue weighted by Crippen LogP contribution is 1.98. The number of morpholine rings is 1. The Morgan fingerprint density at radius 1 is 1.19 bits per heavy atom. The lowest BCUT2D eigenvalue weighted by atomic mass is 10.1. The average molecular weight is 499 g/mol. The fraction of sp³-hybridized carbons (Fsp3) is 0.889. The van der Waals surface area contributed by atoms with Crippen LogP contribution in [0.4, 0.5) is 0 Å². The molecule has 1 fully saturated rings. The van der Waals surface area contributed by atoms with E-state index in [9.17, 15) is 4.79 Å². The van der Waals surface area contributed by atoms with Gasteiger partial charge in [0.1, 0.15) is 6.54 Å². The van der Waals surface area contributed by atoms with E-state index < -0.39 is 0 Å². The quantitative estimate of drug-likeness (QED) is 0.188. The van der Waals surface area contributed by atoms with Gasteiger partial charge in [-0.25, -0.2) is 4.99 Å². The van der Waals surface area contributed by atoms with Gasteiger partial charge in [-0.3, -0.25) is 9.69 Å². The van der Waals surface area contributed by atoms with E-state index in [1.165, 1.54) is 0 Å². The number of halogens is 1. The molecule has 160 valence electrons. The first-order valence-electron chi connectivity index (χ1n) is 9.59. The van der Waals surface area contributed by atoms with E-state index in [1.54, 1.807) is 19.0 Å². The van der Waals surface area contributed by atoms with Crippen LogP contribution in [0.15, 0.2) is 4.99 Å². The first kappa shape index (κ1) is 26.4. The number of ether oxygens (including phenoxy) is 2. The molecule has 0 aromatic carbocycles. The number of carbonyl (C=O) groups is 1. The van der Waals surface area contributed by atoms with E-state index in [2.05, 4.69) is 34.4 Å². The van der Waals surface area contributed by atoms with E-state index in [-0.39, 0.29) is 36.4 Å². The summed E-state index contributed by atoms with van der Waals surface area (Å²) in [5.41, 5.74) is 0. The summed E-state index contributed by atoms with van der Waals surface area (Å²) in [4.78, 5) is 20.0. The maximum absolute atomic E-state index is 11.8. The molecule has 1 heterocycles. The van der Waals surface area contributed by atoms with Gasteiger partial charge in [0.05, 0.1) is 19.8 Å². The number of hydrogen-bond acceptors (Lipinski definition) is 5. The van der Waals surface area contributed by atoms with Crippen LogP contribution in [0.5, 0.6) is 0 Å². The number of guanidine groups is 1. The van der Waals surface area contributed by atoms with Crippen LogP contribution < -0.4 is 10.6 Å². The molecule has 0 spiro atoms. The van der Waals surface area contributed by atoms with Crippen molar-refractivity contribution in [3.8, 4) is 0 Å². The van der Waals surface area contributed by atoms with Crippen LogP contribution in [-0.4, -0.2) is 101 Å². The topological polar surface area (TPSA) is 78.4 Å². The zero-order chi connectivity index (χ0) is 19.2. The minimum atomic E-state index is -0.0209. The summed E-state index contributed by atoms with van der Waals surface area (Å²) in [5, 5.41) is 6.54. The molecule has 0 aliphatic carbocycles. The third-order valence-electron chi connectivity index (χ3n) is 4.07. The second-order valence-electron chi connectivity index (χ2n) is 7.06. The Morgan fingerprint density at radius 2 is 1.85 bits per heavy atom. The van der Waals surface area contributed by atoms with Gasteiger partial charge < -0.3 is 25.0 Å². The molecule has 0 saturated carbocycles. The van der Waals surface area contributed by atoms with Gasteiger partial charge >= 0.3 is 0 Å². The second-order valence-corrected chi connectivity index (χ2v) is 7.06. The average Bonchev–Trinajstić information content (AvgIpc) is 2.62. The van der Waals surface area contributed by atoms with Gasteiger partial charge in [0, 0.05) is 53.4 Å². The number of likely N-dealkylation sites (N-methyl/N-ethyl adjacent to an activating group) is 1. The SMILES string of the molecule is CC(C)CCOCCNC(=NCC(=O)N(C)C)NCCN1CCOCC1.I. The van der Waals surface area contributed by atoms with Crippen molar-refractivity contribution in [1.29, 1.82) is 0 Å². The van der Waals surface area contributed by atoms with E-state index >= 15 is 0 Å². The summed E-state index contributed by atoms with van der Waals surface area (Å²) in [5.74, 6) is 1.28. The van der Waals surface area contributed by atoms with Crippen LogP contribution in [0.25, 0.3) is 0 Å². The number of aliphatic imine (C=N–C) groups is 1. The molecule has 8 nitrogen and oxygen atoms in total. The standard InChI is InChI=1S/C18H37N5O3.HI/c1-16(2)5-11-25-12-7-20-18(21-15-17(24)22(3)4)19-6-8-23-9-13-26-14-10-23;/h16H,5-15H2,1-4H3,(H2,19,20,21);1H. The summed E-state index contributed by atoms with van der Waals surface area (Å²) in [7, 11) is 3.47. The van der Waals surface area contributed by atoms with E-state index in [4.69, 9.17) is 9.47 Å². The Hall–Kier alpha value is -0.650. The molecule has 0 aromatic heterocycles. The molecule has 2 N–H and O–H groups in total. The highest BCUT2D eigenvalue weighted by atomic mass is 127. The fourth-order valence-electron chi connectivity index (χ4n) is 2.28. The van der Waals surface area contributed by atoms with Gasteiger partial charge in [-0.2, -0.15) is 0 Å². The zero-order valence-electron chi connectivity index (χ0n) is 17.3. The third-order valence-corrected chi connectivity index (χ3v) is 4.07. The van der Waals surface area contributed by atoms with E-state index in [0.29, 0.717) is 25.0 Å². The molecule has 0 radical (unpaired) electrons. The second kappa shape index (κ2) is 16.3. The number of nitrogens with zero attached hydrogens (tertiary/aromatic N) is 3. The summed E-state index contributed by atoms with van der Waals surface area (Å²) in [6, 6.07) is 0. The highest BCUT2D eigenvalue weighted by Gasteiger charge is 2.10. The number of carbonyl (C=O) groups excluding carboxylic acids is 1. The van der Waals surface area contributed by atoms with Crippen LogP contribution >= 0.6 is 24.0 Å². The molecule has 0 unspecified atom stereocenters. The lowest BCUT2D eigenvalue weighted by Gasteiger charge is -2.26. The summed E-state index contributed by atoms with van der Waals surface area (Å²) in [6.45, 7) is 11.8. The molecule has 9 heteroatoms. The van der Waals surface area contributed by atoms with Crippen molar-refractivity contribution in [2.45, 2.75) is 20.3 Å². The smallest absolute Gasteiger partial charge is 0.243 e. The van der Waals surface area contributed by atoms with Crippen molar-refractivity contribution in [2.75, 3.05) is 79.8 Å². The highest BCUT2D eigenvalue weighted by molar-refractivity contribution is 14.0. The normalized spacial score (nSPS) is 15.4. The van der Waals surface area contributed by atoms with Gasteiger partial charge in [-0.15, -0.1) is 24.0 Å². The van der Waals surface area contributed by atoms with Crippen LogP contribution in [0.2, 0.25) is 0 Å². The molecule has 1 saturated heterocycles. The number of nitrogens with one attached hydrogen (secondary N) is 2. The van der Waals surface area contributed by atoms with Gasteiger partial charge in [0.2, 0.25) is 5.91 Å². The maximum Gasteiger partial charge on any atom is 0.243 e. The maximum atomic E-state index is 11.8. The summed E-state index contributed by atoms with van der Waals surface area (Å²) >= 11 is 0. The summed E-state index contributed by atoms with van der Waals surface area (Å²) in [6.07, 6.45) is 1.07. The van der Waals surface area contributed by atoms with Gasteiger partial charge in [0.25, 0.3) is 0 Å². The lowest BCUT2D eigenvalue weighted by molar-refractivity contribution is -0.127. The third kappa shape index (κ3) is 14.1. The van der Waals surface area contributed by atoms with Crippen molar-refractivity contribution in [3.63, 3.8) is 0 Å². The molecule has 1 amide bonds. The largest absolute Gasteiger partial charge is 0.380 e. The van der Waals surface area contributed by atoms with Gasteiger partial charge in [-0.1, -0.05) is 13.8 Å². The molecule has 27 heavy (non-hydrogen) atoms. The molecular weight excluding hydrogens is 461 g/mol. The van der Waals surface area contributed by atoms with Gasteiger partial charge in [0.15, 0.2) is 5.96 Å². The Balaban J connectivity index is 0.00000676. The van der Waals surface area contributed by atoms with Crippen molar-refractivity contribution in [1.82, 2.24) is 20.4 Å². The van der Waals surface area contributed by atoms with Crippen LogP contribution in [0, 0.1) is 5.92 Å². The lowest BCUT2D eigenvalue weighted by Crippen LogP contribution is -2.45. The van der Waals surface area contributed by atoms with Crippen molar-refractivity contribution in [3.05, 3.63) is 0 Å². The first-order chi connectivity index (χ1) is 12.5. The molecule has 0 atom stereocenters. The molecule has 1 aliphatic heterocycles. The monoisotopic (exact) mass is 499 g/mol. The van der Waals surface area contributed by atoms with Crippen molar-refractivity contribution >= 4 is 35.8 Å². The Bertz CT molecular complexity index is 416. The molecule has 0 aromatic rings. The van der Waals surface area contributed by atoms with E-state index in [1.807, 2.05) is 0 Å². The Labute approximate surface area is 181 Å². The van der Waals surface area contributed by atoms with Crippen molar-refractivity contribution in [2.24, 2.45) is 10.9 Å².